The van der Waals surface area contributed by atoms with Gasteiger partial charge in [-0.15, -0.1) is 18.2 Å². The first-order valence-corrected chi connectivity index (χ1v) is 2.91. The zero-order valence-corrected chi connectivity index (χ0v) is 5.69. The molecule has 2 heteroatoms. The topological polar surface area (TPSA) is 9.23 Å². The molecular weight excluding hydrogens is 124 g/mol. The highest BCUT2D eigenvalue weighted by molar-refractivity contribution is 6.21. The fraction of sp³-hybridized carbons (Fsp3) is 0.500. The van der Waals surface area contributed by atoms with Crippen molar-refractivity contribution >= 4 is 11.6 Å². The first kappa shape index (κ1) is 7.99. The van der Waals surface area contributed by atoms with E-state index in [0.29, 0.717) is 6.61 Å². The second-order valence-corrected chi connectivity index (χ2v) is 1.88. The van der Waals surface area contributed by atoms with Crippen LogP contribution >= 0.6 is 11.6 Å². The van der Waals surface area contributed by atoms with E-state index in [1.54, 1.807) is 12.7 Å². The second-order valence-electron chi connectivity index (χ2n) is 1.32. The maximum atomic E-state index is 5.58. The van der Waals surface area contributed by atoms with Gasteiger partial charge in [-0.1, -0.05) is 6.08 Å². The largest absolute Gasteiger partial charge is 0.374 e. The molecule has 8 heavy (non-hydrogen) atoms. The molecule has 0 aromatic carbocycles. The van der Waals surface area contributed by atoms with E-state index in [9.17, 15) is 0 Å². The summed E-state index contributed by atoms with van der Waals surface area (Å²) in [7, 11) is 0. The summed E-state index contributed by atoms with van der Waals surface area (Å²) in [6.07, 6.45) is 1.64. The van der Waals surface area contributed by atoms with E-state index in [1.807, 2.05) is 6.92 Å². The van der Waals surface area contributed by atoms with Gasteiger partial charge in [-0.2, -0.15) is 0 Å². The van der Waals surface area contributed by atoms with Crippen molar-refractivity contribution in [2.45, 2.75) is 12.3 Å². The Balaban J connectivity index is 2.98. The van der Waals surface area contributed by atoms with E-state index in [1.165, 1.54) is 0 Å². The molecule has 0 spiro atoms. The summed E-state index contributed by atoms with van der Waals surface area (Å²) in [5.74, 6) is 0. The van der Waals surface area contributed by atoms with E-state index in [4.69, 9.17) is 16.3 Å². The van der Waals surface area contributed by atoms with Crippen LogP contribution in [0.5, 0.6) is 0 Å². The van der Waals surface area contributed by atoms with Crippen LogP contribution in [0.4, 0.5) is 0 Å². The summed E-state index contributed by atoms with van der Waals surface area (Å²) >= 11 is 5.58. The Morgan fingerprint density at radius 1 is 1.88 bits per heavy atom. The number of alkyl halides is 1. The summed E-state index contributed by atoms with van der Waals surface area (Å²) < 4.78 is 4.86. The second kappa shape index (κ2) is 5.13. The summed E-state index contributed by atoms with van der Waals surface area (Å²) in [4.78, 5) is 0. The SMILES string of the molecule is C=CC(Cl)CO[CH]C. The average molecular weight is 134 g/mol. The molecule has 0 amide bonds. The number of hydrogen-bond acceptors (Lipinski definition) is 1. The van der Waals surface area contributed by atoms with Crippen LogP contribution in [0.1, 0.15) is 6.92 Å². The fourth-order valence-corrected chi connectivity index (χ4v) is 0.329. The van der Waals surface area contributed by atoms with Crippen molar-refractivity contribution in [3.8, 4) is 0 Å². The van der Waals surface area contributed by atoms with Gasteiger partial charge in [-0.05, 0) is 6.92 Å². The molecule has 0 aliphatic heterocycles. The molecule has 0 fully saturated rings. The van der Waals surface area contributed by atoms with Crippen molar-refractivity contribution in [2.75, 3.05) is 6.61 Å². The molecule has 0 saturated carbocycles. The smallest absolute Gasteiger partial charge is 0.0806 e. The molecule has 1 radical (unpaired) electrons. The van der Waals surface area contributed by atoms with Gasteiger partial charge in [0, 0.05) is 0 Å². The molecule has 0 saturated heterocycles. The Hall–Kier alpha value is -0.0100. The van der Waals surface area contributed by atoms with Gasteiger partial charge in [0.2, 0.25) is 0 Å². The zero-order valence-electron chi connectivity index (χ0n) is 4.93. The minimum absolute atomic E-state index is 0.0637. The van der Waals surface area contributed by atoms with Gasteiger partial charge < -0.3 is 4.74 Å². The highest BCUT2D eigenvalue weighted by Crippen LogP contribution is 1.96. The summed E-state index contributed by atoms with van der Waals surface area (Å²) in [6.45, 7) is 7.43. The van der Waals surface area contributed by atoms with Crippen LogP contribution in [0.25, 0.3) is 0 Å². The maximum absolute atomic E-state index is 5.58. The average Bonchev–Trinajstić information content (AvgIpc) is 1.83. The summed E-state index contributed by atoms with van der Waals surface area (Å²) in [5.41, 5.74) is 0. The number of ether oxygens (including phenoxy) is 1. The van der Waals surface area contributed by atoms with Gasteiger partial charge in [0.25, 0.3) is 0 Å². The molecular formula is C6H10ClO. The molecule has 0 rings (SSSR count). The van der Waals surface area contributed by atoms with E-state index < -0.39 is 0 Å². The maximum Gasteiger partial charge on any atom is 0.0806 e. The Bertz CT molecular complexity index is 63.5. The van der Waals surface area contributed by atoms with Crippen LogP contribution in [0.15, 0.2) is 12.7 Å². The lowest BCUT2D eigenvalue weighted by Gasteiger charge is -2.00. The molecule has 0 bridgehead atoms. The molecule has 47 valence electrons. The van der Waals surface area contributed by atoms with E-state index in [0.717, 1.165) is 0 Å². The molecule has 1 nitrogen and oxygen atoms in total. The van der Waals surface area contributed by atoms with Crippen LogP contribution in [0, 0.1) is 6.61 Å². The summed E-state index contributed by atoms with van der Waals surface area (Å²) in [6, 6.07) is 0. The molecule has 0 N–H and O–H groups in total. The Morgan fingerprint density at radius 2 is 2.50 bits per heavy atom. The Morgan fingerprint density at radius 3 is 2.88 bits per heavy atom. The van der Waals surface area contributed by atoms with Crippen LogP contribution in [-0.4, -0.2) is 12.0 Å². The van der Waals surface area contributed by atoms with E-state index in [-0.39, 0.29) is 5.38 Å². The number of halogens is 1. The molecule has 0 heterocycles. The predicted octanol–water partition coefficient (Wildman–Crippen LogP) is 1.98. The Labute approximate surface area is 55.3 Å². The first-order valence-electron chi connectivity index (χ1n) is 2.47. The van der Waals surface area contributed by atoms with Gasteiger partial charge in [0.1, 0.15) is 0 Å². The van der Waals surface area contributed by atoms with Crippen LogP contribution in [0.2, 0.25) is 0 Å². The fourth-order valence-electron chi connectivity index (χ4n) is 0.256. The van der Waals surface area contributed by atoms with Gasteiger partial charge in [0.05, 0.1) is 18.6 Å². The number of hydrogen-bond donors (Lipinski definition) is 0. The molecule has 0 aliphatic rings. The summed E-state index contributed by atoms with van der Waals surface area (Å²) in [5, 5.41) is -0.0637. The van der Waals surface area contributed by atoms with Crippen LogP contribution in [0.3, 0.4) is 0 Å². The Kier molecular flexibility index (Phi) is 5.13. The molecule has 0 aliphatic carbocycles. The lowest BCUT2D eigenvalue weighted by Crippen LogP contribution is -2.02. The van der Waals surface area contributed by atoms with E-state index >= 15 is 0 Å². The van der Waals surface area contributed by atoms with Crippen molar-refractivity contribution in [2.24, 2.45) is 0 Å². The minimum atomic E-state index is -0.0637. The highest BCUT2D eigenvalue weighted by atomic mass is 35.5. The van der Waals surface area contributed by atoms with Crippen LogP contribution < -0.4 is 0 Å². The van der Waals surface area contributed by atoms with Gasteiger partial charge in [0.15, 0.2) is 0 Å². The normalized spacial score (nSPS) is 13.2. The van der Waals surface area contributed by atoms with Gasteiger partial charge >= 0.3 is 0 Å². The van der Waals surface area contributed by atoms with Crippen molar-refractivity contribution in [3.05, 3.63) is 19.3 Å². The van der Waals surface area contributed by atoms with Gasteiger partial charge in [-0.3, -0.25) is 0 Å². The van der Waals surface area contributed by atoms with Gasteiger partial charge in [-0.25, -0.2) is 0 Å². The molecule has 1 atom stereocenters. The quantitative estimate of drug-likeness (QED) is 0.421. The van der Waals surface area contributed by atoms with E-state index in [2.05, 4.69) is 6.58 Å². The molecule has 0 aromatic heterocycles. The van der Waals surface area contributed by atoms with Crippen molar-refractivity contribution in [1.82, 2.24) is 0 Å². The molecule has 1 unspecified atom stereocenters. The molecule has 0 aromatic rings. The first-order chi connectivity index (χ1) is 3.81. The van der Waals surface area contributed by atoms with Crippen molar-refractivity contribution in [1.29, 1.82) is 0 Å². The third-order valence-corrected chi connectivity index (χ3v) is 0.982. The lowest BCUT2D eigenvalue weighted by atomic mass is 10.4. The third kappa shape index (κ3) is 4.16. The minimum Gasteiger partial charge on any atom is -0.374 e. The van der Waals surface area contributed by atoms with Crippen molar-refractivity contribution in [3.63, 3.8) is 0 Å². The third-order valence-electron chi connectivity index (χ3n) is 0.678. The lowest BCUT2D eigenvalue weighted by molar-refractivity contribution is 0.212. The zero-order chi connectivity index (χ0) is 6.41. The highest BCUT2D eigenvalue weighted by Gasteiger charge is 1.94. The van der Waals surface area contributed by atoms with Crippen molar-refractivity contribution < 1.29 is 4.74 Å². The monoisotopic (exact) mass is 133 g/mol. The standard InChI is InChI=1S/C6H10ClO/c1-3-6(7)5-8-4-2/h3-4,6H,1,5H2,2H3. The number of rotatable bonds is 4. The van der Waals surface area contributed by atoms with Crippen LogP contribution in [-0.2, 0) is 4.74 Å². The predicted molar refractivity (Wildman–Crippen MR) is 35.8 cm³/mol.